The van der Waals surface area contributed by atoms with Crippen molar-refractivity contribution in [1.29, 1.82) is 0 Å². The molecule has 0 saturated carbocycles. The van der Waals surface area contributed by atoms with Crippen LogP contribution in [0.3, 0.4) is 0 Å². The van der Waals surface area contributed by atoms with Crippen molar-refractivity contribution in [2.75, 3.05) is 19.5 Å². The average Bonchev–Trinajstić information content (AvgIpc) is 2.62. The summed E-state index contributed by atoms with van der Waals surface area (Å²) in [4.78, 5) is 24.7. The average molecular weight is 357 g/mol. The minimum Gasteiger partial charge on any atom is -0.497 e. The smallest absolute Gasteiger partial charge is 0.267 e. The van der Waals surface area contributed by atoms with Crippen LogP contribution in [0.1, 0.15) is 24.6 Å². The Hall–Kier alpha value is -2.83. The van der Waals surface area contributed by atoms with E-state index in [2.05, 4.69) is 17.3 Å². The number of anilines is 1. The van der Waals surface area contributed by atoms with E-state index in [1.54, 1.807) is 31.4 Å². The second kappa shape index (κ2) is 7.59. The molecule has 0 aliphatic heterocycles. The molecule has 2 aromatic rings. The van der Waals surface area contributed by atoms with Crippen LogP contribution in [0.5, 0.6) is 11.5 Å². The number of ether oxygens (including phenoxy) is 2. The van der Waals surface area contributed by atoms with Crippen LogP contribution in [-0.2, 0) is 24.2 Å². The number of benzene rings is 1. The first-order valence-electron chi connectivity index (χ1n) is 8.62. The lowest BCUT2D eigenvalue weighted by Crippen LogP contribution is -2.32. The molecule has 1 heterocycles. The number of aromatic nitrogens is 2. The van der Waals surface area contributed by atoms with Crippen molar-refractivity contribution in [2.45, 2.75) is 32.7 Å². The predicted octanol–water partition coefficient (Wildman–Crippen LogP) is 2.02. The van der Waals surface area contributed by atoms with Crippen LogP contribution < -0.4 is 20.3 Å². The van der Waals surface area contributed by atoms with Crippen LogP contribution in [0.4, 0.5) is 5.69 Å². The van der Waals surface area contributed by atoms with Crippen LogP contribution in [-0.4, -0.2) is 29.9 Å². The van der Waals surface area contributed by atoms with Gasteiger partial charge in [0.05, 0.1) is 25.6 Å². The van der Waals surface area contributed by atoms with Gasteiger partial charge in [0.1, 0.15) is 18.0 Å². The van der Waals surface area contributed by atoms with E-state index in [1.165, 1.54) is 11.8 Å². The third-order valence-corrected chi connectivity index (χ3v) is 4.58. The highest BCUT2D eigenvalue weighted by Crippen LogP contribution is 2.29. The van der Waals surface area contributed by atoms with Gasteiger partial charge in [-0.15, -0.1) is 0 Å². The molecule has 1 aliphatic rings. The van der Waals surface area contributed by atoms with E-state index in [1.807, 2.05) is 0 Å². The molecule has 1 amide bonds. The molecule has 0 spiro atoms. The first kappa shape index (κ1) is 18.0. The van der Waals surface area contributed by atoms with Gasteiger partial charge in [0, 0.05) is 12.1 Å². The number of hydrogen-bond donors (Lipinski definition) is 1. The molecule has 1 N–H and O–H groups in total. The largest absolute Gasteiger partial charge is 0.497 e. The summed E-state index contributed by atoms with van der Waals surface area (Å²) in [6.45, 7) is 2.03. The number of nitrogens with zero attached hydrogens (tertiary/aromatic N) is 2. The molecule has 1 aromatic heterocycles. The Kier molecular flexibility index (Phi) is 5.25. The highest BCUT2D eigenvalue weighted by molar-refractivity contribution is 5.92. The number of hydrogen-bond acceptors (Lipinski definition) is 5. The summed E-state index contributed by atoms with van der Waals surface area (Å²) in [7, 11) is 3.07. The maximum atomic E-state index is 12.4. The SMILES string of the molecule is COc1ccc(NC(=O)Cn2nc3c(cc2=O)C[C@@H](C)CC3)c(OC)c1. The van der Waals surface area contributed by atoms with Crippen LogP contribution in [0.25, 0.3) is 0 Å². The quantitative estimate of drug-likeness (QED) is 0.885. The zero-order valence-electron chi connectivity index (χ0n) is 15.2. The van der Waals surface area contributed by atoms with E-state index < -0.39 is 0 Å². The molecule has 0 saturated heterocycles. The standard InChI is InChI=1S/C19H23N3O4/c1-12-4-6-15-13(8-12)9-19(24)22(21-15)11-18(23)20-16-7-5-14(25-2)10-17(16)26-3/h5,7,9-10,12H,4,6,8,11H2,1-3H3,(H,20,23)/t12-/m0/s1. The molecule has 1 atom stereocenters. The minimum absolute atomic E-state index is 0.142. The number of rotatable bonds is 5. The topological polar surface area (TPSA) is 82.5 Å². The minimum atomic E-state index is -0.341. The van der Waals surface area contributed by atoms with Crippen molar-refractivity contribution in [2.24, 2.45) is 5.92 Å². The number of carbonyl (C=O) groups excluding carboxylic acids is 1. The van der Waals surface area contributed by atoms with Gasteiger partial charge in [-0.3, -0.25) is 9.59 Å². The molecule has 138 valence electrons. The summed E-state index contributed by atoms with van der Waals surface area (Å²) >= 11 is 0. The van der Waals surface area contributed by atoms with Crippen LogP contribution in [0, 0.1) is 5.92 Å². The normalized spacial score (nSPS) is 15.9. The van der Waals surface area contributed by atoms with Crippen LogP contribution >= 0.6 is 0 Å². The number of fused-ring (bicyclic) bond motifs is 1. The van der Waals surface area contributed by atoms with Gasteiger partial charge in [-0.05, 0) is 42.9 Å². The molecule has 7 heteroatoms. The number of aryl methyl sites for hydroxylation is 1. The number of carbonyl (C=O) groups is 1. The highest BCUT2D eigenvalue weighted by Gasteiger charge is 2.19. The number of methoxy groups -OCH3 is 2. The third-order valence-electron chi connectivity index (χ3n) is 4.58. The van der Waals surface area contributed by atoms with Gasteiger partial charge >= 0.3 is 0 Å². The van der Waals surface area contributed by atoms with Crippen molar-refractivity contribution in [3.63, 3.8) is 0 Å². The first-order chi connectivity index (χ1) is 12.5. The maximum absolute atomic E-state index is 12.4. The van der Waals surface area contributed by atoms with E-state index in [0.29, 0.717) is 23.1 Å². The fourth-order valence-electron chi connectivity index (χ4n) is 3.15. The van der Waals surface area contributed by atoms with Gasteiger partial charge in [-0.25, -0.2) is 4.68 Å². The van der Waals surface area contributed by atoms with Crippen molar-refractivity contribution in [1.82, 2.24) is 9.78 Å². The molecule has 0 unspecified atom stereocenters. The summed E-state index contributed by atoms with van der Waals surface area (Å²) in [5.41, 5.74) is 2.17. The fourth-order valence-corrected chi connectivity index (χ4v) is 3.15. The lowest BCUT2D eigenvalue weighted by molar-refractivity contribution is -0.117. The number of amides is 1. The van der Waals surface area contributed by atoms with Crippen LogP contribution in [0.15, 0.2) is 29.1 Å². The lowest BCUT2D eigenvalue weighted by atomic mass is 9.88. The molecular formula is C19H23N3O4. The molecule has 3 rings (SSSR count). The summed E-state index contributed by atoms with van der Waals surface area (Å²) in [5.74, 6) is 1.33. The first-order valence-corrected chi connectivity index (χ1v) is 8.62. The van der Waals surface area contributed by atoms with E-state index >= 15 is 0 Å². The van der Waals surface area contributed by atoms with Crippen molar-refractivity contribution in [3.05, 3.63) is 45.9 Å². The van der Waals surface area contributed by atoms with Crippen molar-refractivity contribution >= 4 is 11.6 Å². The molecule has 26 heavy (non-hydrogen) atoms. The Morgan fingerprint density at radius 2 is 2.12 bits per heavy atom. The second-order valence-corrected chi connectivity index (χ2v) is 6.57. The van der Waals surface area contributed by atoms with Gasteiger partial charge in [-0.2, -0.15) is 5.10 Å². The summed E-state index contributed by atoms with van der Waals surface area (Å²) in [5, 5.41) is 7.15. The van der Waals surface area contributed by atoms with Crippen molar-refractivity contribution in [3.8, 4) is 11.5 Å². The molecule has 1 aliphatic carbocycles. The monoisotopic (exact) mass is 357 g/mol. The molecule has 1 aromatic carbocycles. The summed E-state index contributed by atoms with van der Waals surface area (Å²) in [6, 6.07) is 6.71. The van der Waals surface area contributed by atoms with E-state index in [0.717, 1.165) is 30.5 Å². The Morgan fingerprint density at radius 1 is 1.31 bits per heavy atom. The second-order valence-electron chi connectivity index (χ2n) is 6.57. The fraction of sp³-hybridized carbons (Fsp3) is 0.421. The molecular weight excluding hydrogens is 334 g/mol. The maximum Gasteiger partial charge on any atom is 0.267 e. The van der Waals surface area contributed by atoms with Gasteiger partial charge in [0.2, 0.25) is 5.91 Å². The van der Waals surface area contributed by atoms with Crippen molar-refractivity contribution < 1.29 is 14.3 Å². The van der Waals surface area contributed by atoms with Gasteiger partial charge in [-0.1, -0.05) is 6.92 Å². The zero-order chi connectivity index (χ0) is 18.7. The highest BCUT2D eigenvalue weighted by atomic mass is 16.5. The zero-order valence-corrected chi connectivity index (χ0v) is 15.2. The Bertz CT molecular complexity index is 876. The van der Waals surface area contributed by atoms with E-state index in [9.17, 15) is 9.59 Å². The molecule has 0 radical (unpaired) electrons. The summed E-state index contributed by atoms with van der Waals surface area (Å²) in [6.07, 6.45) is 2.76. The molecule has 0 fully saturated rings. The van der Waals surface area contributed by atoms with E-state index in [4.69, 9.17) is 9.47 Å². The van der Waals surface area contributed by atoms with Crippen LogP contribution in [0.2, 0.25) is 0 Å². The Labute approximate surface area is 151 Å². The van der Waals surface area contributed by atoms with Gasteiger partial charge in [0.25, 0.3) is 5.56 Å². The Balaban J connectivity index is 1.76. The molecule has 0 bridgehead atoms. The Morgan fingerprint density at radius 3 is 2.85 bits per heavy atom. The lowest BCUT2D eigenvalue weighted by Gasteiger charge is -2.20. The third kappa shape index (κ3) is 3.87. The van der Waals surface area contributed by atoms with E-state index in [-0.39, 0.29) is 18.0 Å². The summed E-state index contributed by atoms with van der Waals surface area (Å²) < 4.78 is 11.6. The van der Waals surface area contributed by atoms with Gasteiger partial charge < -0.3 is 14.8 Å². The molecule has 7 nitrogen and oxygen atoms in total. The van der Waals surface area contributed by atoms with Gasteiger partial charge in [0.15, 0.2) is 0 Å². The number of nitrogens with one attached hydrogen (secondary N) is 1. The predicted molar refractivity (Wildman–Crippen MR) is 97.9 cm³/mol.